The molecule has 0 radical (unpaired) electrons. The van der Waals surface area contributed by atoms with Gasteiger partial charge in [-0.2, -0.15) is 4.39 Å². The average molecular weight is 364 g/mol. The molecule has 0 saturated carbocycles. The first-order valence-electron chi connectivity index (χ1n) is 7.62. The molecule has 1 atom stereocenters. The molecule has 0 aliphatic rings. The molecule has 2 amide bonds. The van der Waals surface area contributed by atoms with E-state index in [4.69, 9.17) is 0 Å². The number of nitro groups is 1. The number of rotatable bonds is 6. The Labute approximate surface area is 147 Å². The molecule has 10 heteroatoms. The monoisotopic (exact) mass is 364 g/mol. The molecule has 26 heavy (non-hydrogen) atoms. The molecule has 9 nitrogen and oxygen atoms in total. The lowest BCUT2D eigenvalue weighted by Gasteiger charge is -2.12. The standard InChI is InChI=1S/C16H17FN4O5/c1-20-8-2-3-12(20)14(22)6-7-18-15(23)16(24)19-10-4-5-11(17)13(9-10)21(25)26/h2-5,8-9,14,22H,6-7H2,1H3,(H,18,23)(H,19,24). The van der Waals surface area contributed by atoms with Crippen molar-refractivity contribution in [2.75, 3.05) is 11.9 Å². The van der Waals surface area contributed by atoms with Crippen LogP contribution < -0.4 is 10.6 Å². The lowest BCUT2D eigenvalue weighted by atomic mass is 10.2. The Balaban J connectivity index is 1.86. The molecule has 0 aliphatic heterocycles. The van der Waals surface area contributed by atoms with Gasteiger partial charge in [-0.05, 0) is 30.7 Å². The van der Waals surface area contributed by atoms with Crippen molar-refractivity contribution < 1.29 is 24.0 Å². The van der Waals surface area contributed by atoms with Crippen LogP contribution in [-0.4, -0.2) is 33.0 Å². The number of nitrogens with zero attached hydrogens (tertiary/aromatic N) is 2. The minimum absolute atomic E-state index is 0.0438. The molecule has 1 aromatic carbocycles. The van der Waals surface area contributed by atoms with E-state index in [1.807, 2.05) is 0 Å². The molecule has 138 valence electrons. The van der Waals surface area contributed by atoms with Gasteiger partial charge in [-0.15, -0.1) is 0 Å². The van der Waals surface area contributed by atoms with Crippen LogP contribution in [-0.2, 0) is 16.6 Å². The van der Waals surface area contributed by atoms with Gasteiger partial charge in [0, 0.05) is 37.2 Å². The summed E-state index contributed by atoms with van der Waals surface area (Å²) < 4.78 is 15.0. The predicted molar refractivity (Wildman–Crippen MR) is 89.7 cm³/mol. The van der Waals surface area contributed by atoms with Gasteiger partial charge in [0.25, 0.3) is 0 Å². The normalized spacial score (nSPS) is 11.7. The number of anilines is 1. The van der Waals surface area contributed by atoms with Gasteiger partial charge in [0.15, 0.2) is 0 Å². The second-order valence-electron chi connectivity index (χ2n) is 5.48. The molecule has 0 bridgehead atoms. The molecular weight excluding hydrogens is 347 g/mol. The van der Waals surface area contributed by atoms with Gasteiger partial charge in [-0.25, -0.2) is 0 Å². The molecular formula is C16H17FN4O5. The van der Waals surface area contributed by atoms with E-state index in [0.29, 0.717) is 5.69 Å². The molecule has 1 aromatic heterocycles. The molecule has 0 saturated heterocycles. The highest BCUT2D eigenvalue weighted by Crippen LogP contribution is 2.21. The van der Waals surface area contributed by atoms with Crippen LogP contribution in [0.2, 0.25) is 0 Å². The zero-order valence-electron chi connectivity index (χ0n) is 13.8. The van der Waals surface area contributed by atoms with Gasteiger partial charge in [0.05, 0.1) is 11.0 Å². The Hall–Kier alpha value is -3.27. The smallest absolute Gasteiger partial charge is 0.313 e. The van der Waals surface area contributed by atoms with Crippen molar-refractivity contribution in [1.82, 2.24) is 9.88 Å². The molecule has 0 spiro atoms. The van der Waals surface area contributed by atoms with E-state index in [1.165, 1.54) is 0 Å². The molecule has 0 fully saturated rings. The SMILES string of the molecule is Cn1cccc1C(O)CCNC(=O)C(=O)Nc1ccc(F)c([N+](=O)[O-])c1. The largest absolute Gasteiger partial charge is 0.387 e. The highest BCUT2D eigenvalue weighted by Gasteiger charge is 2.18. The molecule has 2 rings (SSSR count). The van der Waals surface area contributed by atoms with Gasteiger partial charge in [0.1, 0.15) is 0 Å². The van der Waals surface area contributed by atoms with E-state index >= 15 is 0 Å². The number of aliphatic hydroxyl groups is 1. The number of nitrogens with one attached hydrogen (secondary N) is 2. The Morgan fingerprint density at radius 2 is 2.08 bits per heavy atom. The summed E-state index contributed by atoms with van der Waals surface area (Å²) in [5.74, 6) is -3.08. The van der Waals surface area contributed by atoms with Crippen molar-refractivity contribution in [2.24, 2.45) is 7.05 Å². The van der Waals surface area contributed by atoms with E-state index in [-0.39, 0.29) is 18.7 Å². The summed E-state index contributed by atoms with van der Waals surface area (Å²) in [7, 11) is 1.77. The summed E-state index contributed by atoms with van der Waals surface area (Å²) in [4.78, 5) is 33.3. The van der Waals surface area contributed by atoms with E-state index in [2.05, 4.69) is 10.6 Å². The van der Waals surface area contributed by atoms with Crippen molar-refractivity contribution >= 4 is 23.2 Å². The Bertz CT molecular complexity index is 836. The highest BCUT2D eigenvalue weighted by molar-refractivity contribution is 6.39. The maximum atomic E-state index is 13.2. The van der Waals surface area contributed by atoms with Crippen LogP contribution in [0.3, 0.4) is 0 Å². The van der Waals surface area contributed by atoms with Crippen LogP contribution in [0.1, 0.15) is 18.2 Å². The van der Waals surface area contributed by atoms with E-state index < -0.39 is 34.3 Å². The van der Waals surface area contributed by atoms with Crippen LogP contribution in [0.15, 0.2) is 36.5 Å². The third kappa shape index (κ3) is 4.63. The first-order valence-corrected chi connectivity index (χ1v) is 7.62. The molecule has 2 aromatic rings. The van der Waals surface area contributed by atoms with Crippen LogP contribution in [0, 0.1) is 15.9 Å². The van der Waals surface area contributed by atoms with Gasteiger partial charge in [-0.3, -0.25) is 19.7 Å². The first kappa shape index (κ1) is 19.1. The van der Waals surface area contributed by atoms with Gasteiger partial charge in [0.2, 0.25) is 5.82 Å². The van der Waals surface area contributed by atoms with E-state index in [9.17, 15) is 29.2 Å². The Morgan fingerprint density at radius 3 is 2.69 bits per heavy atom. The average Bonchev–Trinajstić information content (AvgIpc) is 3.02. The van der Waals surface area contributed by atoms with Crippen LogP contribution in [0.4, 0.5) is 15.8 Å². The number of hydrogen-bond donors (Lipinski definition) is 3. The van der Waals surface area contributed by atoms with Crippen molar-refractivity contribution in [1.29, 1.82) is 0 Å². The minimum atomic E-state index is -1.06. The topological polar surface area (TPSA) is 126 Å². The van der Waals surface area contributed by atoms with Gasteiger partial charge >= 0.3 is 17.5 Å². The summed E-state index contributed by atoms with van der Waals surface area (Å²) >= 11 is 0. The van der Waals surface area contributed by atoms with Crippen molar-refractivity contribution in [3.05, 3.63) is 58.2 Å². The molecule has 0 aliphatic carbocycles. The number of amides is 2. The maximum absolute atomic E-state index is 13.2. The summed E-state index contributed by atoms with van der Waals surface area (Å²) in [6.07, 6.45) is 1.16. The fraction of sp³-hybridized carbons (Fsp3) is 0.250. The number of hydrogen-bond acceptors (Lipinski definition) is 5. The molecule has 1 heterocycles. The van der Waals surface area contributed by atoms with Crippen LogP contribution in [0.25, 0.3) is 0 Å². The molecule has 1 unspecified atom stereocenters. The third-order valence-electron chi connectivity index (χ3n) is 3.64. The highest BCUT2D eigenvalue weighted by atomic mass is 19.1. The van der Waals surface area contributed by atoms with Crippen molar-refractivity contribution in [3.8, 4) is 0 Å². The number of halogens is 1. The second kappa shape index (κ2) is 8.21. The zero-order chi connectivity index (χ0) is 19.3. The molecule has 3 N–H and O–H groups in total. The Morgan fingerprint density at radius 1 is 1.35 bits per heavy atom. The van der Waals surface area contributed by atoms with Gasteiger partial charge < -0.3 is 20.3 Å². The maximum Gasteiger partial charge on any atom is 0.313 e. The number of carbonyl (C=O) groups excluding carboxylic acids is 2. The number of aromatic nitrogens is 1. The summed E-state index contributed by atoms with van der Waals surface area (Å²) in [5.41, 5.74) is -0.224. The van der Waals surface area contributed by atoms with Crippen LogP contribution in [0.5, 0.6) is 0 Å². The second-order valence-corrected chi connectivity index (χ2v) is 5.48. The number of nitro benzene ring substituents is 1. The van der Waals surface area contributed by atoms with Gasteiger partial charge in [-0.1, -0.05) is 0 Å². The number of carbonyl (C=O) groups is 2. The predicted octanol–water partition coefficient (Wildman–Crippen LogP) is 1.25. The summed E-state index contributed by atoms with van der Waals surface area (Å²) in [6, 6.07) is 6.25. The first-order chi connectivity index (χ1) is 12.3. The summed E-state index contributed by atoms with van der Waals surface area (Å²) in [5, 5.41) is 25.2. The lowest BCUT2D eigenvalue weighted by molar-refractivity contribution is -0.387. The van der Waals surface area contributed by atoms with Crippen molar-refractivity contribution in [3.63, 3.8) is 0 Å². The number of aliphatic hydroxyl groups excluding tert-OH is 1. The third-order valence-corrected chi connectivity index (χ3v) is 3.64. The number of benzene rings is 1. The van der Waals surface area contributed by atoms with E-state index in [1.54, 1.807) is 29.9 Å². The Kier molecular flexibility index (Phi) is 6.02. The summed E-state index contributed by atoms with van der Waals surface area (Å²) in [6.45, 7) is 0.0438. The van der Waals surface area contributed by atoms with Crippen LogP contribution >= 0.6 is 0 Å². The number of aryl methyl sites for hydroxylation is 1. The fourth-order valence-electron chi connectivity index (χ4n) is 2.29. The van der Waals surface area contributed by atoms with Crippen molar-refractivity contribution in [2.45, 2.75) is 12.5 Å². The fourth-order valence-corrected chi connectivity index (χ4v) is 2.29. The quantitative estimate of drug-likeness (QED) is 0.404. The van der Waals surface area contributed by atoms with E-state index in [0.717, 1.165) is 18.2 Å². The minimum Gasteiger partial charge on any atom is -0.387 e. The zero-order valence-corrected chi connectivity index (χ0v) is 13.8. The lowest BCUT2D eigenvalue weighted by Crippen LogP contribution is -2.36.